The summed E-state index contributed by atoms with van der Waals surface area (Å²) in [6, 6.07) is 9.59. The maximum Gasteiger partial charge on any atom is 0.336 e. The zero-order valence-electron chi connectivity index (χ0n) is 15.2. The summed E-state index contributed by atoms with van der Waals surface area (Å²) in [5.41, 5.74) is 3.29. The SMILES string of the molecule is CCOC(=O)C1=C(CC)NC(c2ccccc2)=C(C(=O)OCC)C1C. The van der Waals surface area contributed by atoms with Crippen molar-refractivity contribution in [2.24, 2.45) is 5.92 Å². The first-order chi connectivity index (χ1) is 12.0. The molecule has 1 atom stereocenters. The summed E-state index contributed by atoms with van der Waals surface area (Å²) in [5, 5.41) is 3.29. The van der Waals surface area contributed by atoms with Gasteiger partial charge in [0.05, 0.1) is 30.1 Å². The molecule has 2 rings (SSSR count). The van der Waals surface area contributed by atoms with Crippen molar-refractivity contribution < 1.29 is 19.1 Å². The van der Waals surface area contributed by atoms with Crippen molar-refractivity contribution in [3.63, 3.8) is 0 Å². The molecule has 0 aliphatic carbocycles. The van der Waals surface area contributed by atoms with Gasteiger partial charge in [0.2, 0.25) is 0 Å². The zero-order valence-corrected chi connectivity index (χ0v) is 15.2. The Morgan fingerprint density at radius 3 is 2.04 bits per heavy atom. The lowest BCUT2D eigenvalue weighted by molar-refractivity contribution is -0.139. The van der Waals surface area contributed by atoms with Crippen molar-refractivity contribution in [1.29, 1.82) is 0 Å². The number of allylic oxidation sites excluding steroid dienone is 1. The average molecular weight is 343 g/mol. The number of hydrogen-bond donors (Lipinski definition) is 1. The van der Waals surface area contributed by atoms with E-state index in [4.69, 9.17) is 9.47 Å². The van der Waals surface area contributed by atoms with E-state index in [1.165, 1.54) is 0 Å². The summed E-state index contributed by atoms with van der Waals surface area (Å²) in [7, 11) is 0. The van der Waals surface area contributed by atoms with E-state index < -0.39 is 17.9 Å². The van der Waals surface area contributed by atoms with Gasteiger partial charge in [-0.2, -0.15) is 0 Å². The highest BCUT2D eigenvalue weighted by molar-refractivity contribution is 6.03. The third kappa shape index (κ3) is 3.92. The molecule has 134 valence electrons. The molecule has 1 aromatic carbocycles. The summed E-state index contributed by atoms with van der Waals surface area (Å²) in [5.74, 6) is -1.23. The van der Waals surface area contributed by atoms with Gasteiger partial charge in [0.15, 0.2) is 0 Å². The number of carbonyl (C=O) groups is 2. The second kappa shape index (κ2) is 8.51. The smallest absolute Gasteiger partial charge is 0.336 e. The first kappa shape index (κ1) is 18.8. The normalized spacial score (nSPS) is 17.2. The van der Waals surface area contributed by atoms with E-state index >= 15 is 0 Å². The third-order valence-corrected chi connectivity index (χ3v) is 4.14. The van der Waals surface area contributed by atoms with Crippen LogP contribution in [0.2, 0.25) is 0 Å². The van der Waals surface area contributed by atoms with Crippen LogP contribution in [0.3, 0.4) is 0 Å². The van der Waals surface area contributed by atoms with Crippen LogP contribution in [0.4, 0.5) is 0 Å². The van der Waals surface area contributed by atoms with Gasteiger partial charge in [-0.25, -0.2) is 9.59 Å². The van der Waals surface area contributed by atoms with Crippen LogP contribution in [0.15, 0.2) is 47.2 Å². The second-order valence-corrected chi connectivity index (χ2v) is 5.69. The molecule has 1 aliphatic heterocycles. The van der Waals surface area contributed by atoms with E-state index in [0.717, 1.165) is 11.3 Å². The largest absolute Gasteiger partial charge is 0.463 e. The van der Waals surface area contributed by atoms with Crippen molar-refractivity contribution in [2.75, 3.05) is 13.2 Å². The summed E-state index contributed by atoms with van der Waals surface area (Å²) >= 11 is 0. The monoisotopic (exact) mass is 343 g/mol. The summed E-state index contributed by atoms with van der Waals surface area (Å²) in [6.45, 7) is 7.90. The number of dihydropyridines is 1. The Bertz CT molecular complexity index is 704. The molecule has 0 fully saturated rings. The van der Waals surface area contributed by atoms with Gasteiger partial charge in [0.25, 0.3) is 0 Å². The number of ether oxygens (including phenoxy) is 2. The molecule has 0 bridgehead atoms. The van der Waals surface area contributed by atoms with Gasteiger partial charge >= 0.3 is 11.9 Å². The van der Waals surface area contributed by atoms with Crippen molar-refractivity contribution in [3.05, 3.63) is 52.7 Å². The first-order valence-corrected chi connectivity index (χ1v) is 8.68. The molecule has 5 heteroatoms. The molecular formula is C20H25NO4. The predicted molar refractivity (Wildman–Crippen MR) is 96.2 cm³/mol. The first-order valence-electron chi connectivity index (χ1n) is 8.68. The van der Waals surface area contributed by atoms with Crippen LogP contribution in [0.25, 0.3) is 5.70 Å². The highest BCUT2D eigenvalue weighted by Gasteiger charge is 2.36. The molecule has 1 heterocycles. The molecule has 0 saturated carbocycles. The fraction of sp³-hybridized carbons (Fsp3) is 0.400. The van der Waals surface area contributed by atoms with E-state index in [9.17, 15) is 9.59 Å². The van der Waals surface area contributed by atoms with E-state index in [0.29, 0.717) is 23.3 Å². The van der Waals surface area contributed by atoms with Crippen molar-refractivity contribution in [1.82, 2.24) is 5.32 Å². The molecule has 1 N–H and O–H groups in total. The van der Waals surface area contributed by atoms with Crippen LogP contribution >= 0.6 is 0 Å². The minimum Gasteiger partial charge on any atom is -0.463 e. The highest BCUT2D eigenvalue weighted by Crippen LogP contribution is 2.35. The Balaban J connectivity index is 2.57. The quantitative estimate of drug-likeness (QED) is 0.802. The lowest BCUT2D eigenvalue weighted by Gasteiger charge is -2.30. The number of nitrogens with one attached hydrogen (secondary N) is 1. The number of benzene rings is 1. The van der Waals surface area contributed by atoms with Crippen molar-refractivity contribution >= 4 is 17.6 Å². The predicted octanol–water partition coefficient (Wildman–Crippen LogP) is 3.43. The molecule has 0 amide bonds. The van der Waals surface area contributed by atoms with Gasteiger partial charge in [-0.15, -0.1) is 0 Å². The van der Waals surface area contributed by atoms with Crippen LogP contribution in [-0.4, -0.2) is 25.2 Å². The van der Waals surface area contributed by atoms with E-state index in [1.807, 2.05) is 44.2 Å². The molecule has 1 aromatic rings. The molecule has 1 aliphatic rings. The maximum atomic E-state index is 12.6. The number of rotatable bonds is 6. The topological polar surface area (TPSA) is 64.6 Å². The summed E-state index contributed by atoms with van der Waals surface area (Å²) in [4.78, 5) is 25.1. The van der Waals surface area contributed by atoms with Gasteiger partial charge in [0.1, 0.15) is 0 Å². The Kier molecular flexibility index (Phi) is 6.39. The molecule has 0 radical (unpaired) electrons. The second-order valence-electron chi connectivity index (χ2n) is 5.69. The van der Waals surface area contributed by atoms with Crippen molar-refractivity contribution in [3.8, 4) is 0 Å². The van der Waals surface area contributed by atoms with Gasteiger partial charge in [-0.1, -0.05) is 44.2 Å². The fourth-order valence-corrected chi connectivity index (χ4v) is 3.02. The highest BCUT2D eigenvalue weighted by atomic mass is 16.5. The number of hydrogen-bond acceptors (Lipinski definition) is 5. The fourth-order valence-electron chi connectivity index (χ4n) is 3.02. The zero-order chi connectivity index (χ0) is 18.4. The van der Waals surface area contributed by atoms with E-state index in [1.54, 1.807) is 13.8 Å². The molecule has 5 nitrogen and oxygen atoms in total. The Morgan fingerprint density at radius 2 is 1.52 bits per heavy atom. The molecule has 0 spiro atoms. The summed E-state index contributed by atoms with van der Waals surface area (Å²) < 4.78 is 10.5. The van der Waals surface area contributed by atoms with Crippen molar-refractivity contribution in [2.45, 2.75) is 34.1 Å². The number of carbonyl (C=O) groups excluding carboxylic acids is 2. The molecule has 0 aromatic heterocycles. The summed E-state index contributed by atoms with van der Waals surface area (Å²) in [6.07, 6.45) is 0.630. The van der Waals surface area contributed by atoms with Gasteiger partial charge in [-0.05, 0) is 25.8 Å². The van der Waals surface area contributed by atoms with Crippen LogP contribution < -0.4 is 5.32 Å². The lowest BCUT2D eigenvalue weighted by Crippen LogP contribution is -2.33. The van der Waals surface area contributed by atoms with Crippen LogP contribution in [0, 0.1) is 5.92 Å². The molecular weight excluding hydrogens is 318 g/mol. The molecule has 25 heavy (non-hydrogen) atoms. The van der Waals surface area contributed by atoms with E-state index in [-0.39, 0.29) is 13.2 Å². The van der Waals surface area contributed by atoms with Gasteiger partial charge in [0, 0.05) is 11.6 Å². The van der Waals surface area contributed by atoms with Gasteiger partial charge < -0.3 is 14.8 Å². The van der Waals surface area contributed by atoms with Gasteiger partial charge in [-0.3, -0.25) is 0 Å². The minimum atomic E-state index is -0.418. The average Bonchev–Trinajstić information content (AvgIpc) is 2.61. The van der Waals surface area contributed by atoms with E-state index in [2.05, 4.69) is 5.32 Å². The number of esters is 2. The minimum absolute atomic E-state index is 0.274. The third-order valence-electron chi connectivity index (χ3n) is 4.14. The maximum absolute atomic E-state index is 12.6. The Morgan fingerprint density at radius 1 is 0.960 bits per heavy atom. The molecule has 1 unspecified atom stereocenters. The van der Waals surface area contributed by atoms with Crippen LogP contribution in [0.1, 0.15) is 39.7 Å². The van der Waals surface area contributed by atoms with Crippen LogP contribution in [0.5, 0.6) is 0 Å². The van der Waals surface area contributed by atoms with Crippen LogP contribution in [-0.2, 0) is 19.1 Å². The lowest BCUT2D eigenvalue weighted by atomic mass is 9.84. The molecule has 0 saturated heterocycles. The Hall–Kier alpha value is -2.56. The standard InChI is InChI=1S/C20H25NO4/c1-5-15-16(19(22)24-6-2)13(4)17(20(23)25-7-3)18(21-15)14-11-9-8-10-12-14/h8-13,21H,5-7H2,1-4H3. The Labute approximate surface area is 148 Å².